The lowest BCUT2D eigenvalue weighted by Gasteiger charge is -2.37. The number of nitrogens with zero attached hydrogens (tertiary/aromatic N) is 2. The molecule has 4 N–H and O–H groups in total. The van der Waals surface area contributed by atoms with Gasteiger partial charge in [-0.05, 0) is 61.9 Å². The molecule has 7 nitrogen and oxygen atoms in total. The fourth-order valence-electron chi connectivity index (χ4n) is 6.00. The summed E-state index contributed by atoms with van der Waals surface area (Å²) >= 11 is 0. The van der Waals surface area contributed by atoms with Crippen LogP contribution in [-0.2, 0) is 12.8 Å². The van der Waals surface area contributed by atoms with E-state index in [2.05, 4.69) is 40.9 Å². The number of ketones is 1. The molecule has 1 saturated heterocycles. The Kier molecular flexibility index (Phi) is 5.57. The summed E-state index contributed by atoms with van der Waals surface area (Å²) in [7, 11) is 0. The molecule has 0 spiro atoms. The molecule has 2 aromatic rings. The second kappa shape index (κ2) is 8.29. The first-order valence-corrected chi connectivity index (χ1v) is 12.1. The van der Waals surface area contributed by atoms with Crippen LogP contribution in [0.1, 0.15) is 64.4 Å². The lowest BCUT2D eigenvalue weighted by atomic mass is 9.75. The van der Waals surface area contributed by atoms with Gasteiger partial charge in [0.2, 0.25) is 0 Å². The zero-order valence-electron chi connectivity index (χ0n) is 20.0. The third-order valence-electron chi connectivity index (χ3n) is 7.59. The number of carbonyl (C=O) groups excluding carboxylic acids is 2. The van der Waals surface area contributed by atoms with E-state index < -0.39 is 5.91 Å². The van der Waals surface area contributed by atoms with Crippen LogP contribution in [0.4, 0.5) is 5.69 Å². The molecule has 3 aliphatic rings. The molecule has 2 aliphatic heterocycles. The molecule has 1 atom stereocenters. The quantitative estimate of drug-likeness (QED) is 0.623. The number of amides is 1. The van der Waals surface area contributed by atoms with Crippen LogP contribution >= 0.6 is 0 Å². The number of nitrogens with one attached hydrogen (secondary N) is 2. The van der Waals surface area contributed by atoms with Crippen molar-refractivity contribution in [1.29, 1.82) is 0 Å². The molecule has 0 unspecified atom stereocenters. The maximum Gasteiger partial charge on any atom is 0.250 e. The molecular formula is C26H35N5O2. The van der Waals surface area contributed by atoms with Crippen LogP contribution in [0.15, 0.2) is 18.2 Å². The van der Waals surface area contributed by atoms with E-state index in [1.807, 2.05) is 18.2 Å². The smallest absolute Gasteiger partial charge is 0.250 e. The van der Waals surface area contributed by atoms with Crippen LogP contribution < -0.4 is 16.4 Å². The Morgan fingerprint density at radius 1 is 1.15 bits per heavy atom. The Labute approximate surface area is 195 Å². The first-order valence-electron chi connectivity index (χ1n) is 12.1. The Hall–Kier alpha value is -2.64. The molecule has 7 heteroatoms. The van der Waals surface area contributed by atoms with Gasteiger partial charge in [0.15, 0.2) is 5.78 Å². The van der Waals surface area contributed by atoms with Crippen LogP contribution in [-0.4, -0.2) is 59.9 Å². The first kappa shape index (κ1) is 22.2. The number of benzene rings is 1. The predicted octanol–water partition coefficient (Wildman–Crippen LogP) is 2.67. The van der Waals surface area contributed by atoms with Crippen LogP contribution in [0.5, 0.6) is 0 Å². The van der Waals surface area contributed by atoms with Gasteiger partial charge in [0.05, 0.1) is 5.56 Å². The predicted molar refractivity (Wildman–Crippen MR) is 130 cm³/mol. The van der Waals surface area contributed by atoms with Gasteiger partial charge in [0, 0.05) is 67.0 Å². The summed E-state index contributed by atoms with van der Waals surface area (Å²) < 4.78 is 2.30. The molecule has 5 rings (SSSR count). The zero-order valence-corrected chi connectivity index (χ0v) is 20.0. The largest absolute Gasteiger partial charge is 0.383 e. The standard InChI is InChI=1S/C26H35N5O2/c1-16-21-5-4-9-30-10-8-28-14-18(30)15-29-20-11-17(6-7-19(20)25(27)33)31(21)22-12-26(2,3)13-23(32)24(16)22/h6-7,11,18,28-29H,4-5,8-10,12-15H2,1-3H3,(H2,27,33)/t18-/m0/s1. The lowest BCUT2D eigenvalue weighted by molar-refractivity contribution is 0.0909. The summed E-state index contributed by atoms with van der Waals surface area (Å²) in [4.78, 5) is 27.9. The fraction of sp³-hybridized carbons (Fsp3) is 0.538. The fourth-order valence-corrected chi connectivity index (χ4v) is 6.00. The van der Waals surface area contributed by atoms with E-state index in [-0.39, 0.29) is 11.2 Å². The molecule has 1 aromatic heterocycles. The van der Waals surface area contributed by atoms with E-state index in [1.165, 1.54) is 5.69 Å². The molecule has 2 bridgehead atoms. The zero-order chi connectivity index (χ0) is 23.3. The highest BCUT2D eigenvalue weighted by molar-refractivity contribution is 6.01. The number of fused-ring (bicyclic) bond motifs is 7. The second-order valence-corrected chi connectivity index (χ2v) is 10.6. The number of hydrogen-bond donors (Lipinski definition) is 3. The van der Waals surface area contributed by atoms with Gasteiger partial charge < -0.3 is 20.9 Å². The molecule has 176 valence electrons. The van der Waals surface area contributed by atoms with Gasteiger partial charge in [-0.25, -0.2) is 0 Å². The number of aromatic nitrogens is 1. The minimum absolute atomic E-state index is 0.0718. The van der Waals surface area contributed by atoms with Crippen molar-refractivity contribution in [3.63, 3.8) is 0 Å². The molecule has 1 aromatic carbocycles. The third-order valence-corrected chi connectivity index (χ3v) is 7.59. The van der Waals surface area contributed by atoms with Crippen LogP contribution in [0.3, 0.4) is 0 Å². The van der Waals surface area contributed by atoms with Gasteiger partial charge in [-0.15, -0.1) is 0 Å². The van der Waals surface area contributed by atoms with Crippen molar-refractivity contribution >= 4 is 17.4 Å². The van der Waals surface area contributed by atoms with E-state index >= 15 is 0 Å². The minimum atomic E-state index is -0.433. The maximum absolute atomic E-state index is 13.2. The average molecular weight is 450 g/mol. The number of anilines is 1. The third kappa shape index (κ3) is 3.97. The summed E-state index contributed by atoms with van der Waals surface area (Å²) in [6, 6.07) is 6.19. The molecule has 33 heavy (non-hydrogen) atoms. The number of primary amides is 1. The minimum Gasteiger partial charge on any atom is -0.383 e. The summed E-state index contributed by atoms with van der Waals surface area (Å²) in [6.07, 6.45) is 3.41. The summed E-state index contributed by atoms with van der Waals surface area (Å²) in [5, 5.41) is 7.03. The normalized spacial score (nSPS) is 22.8. The Morgan fingerprint density at radius 3 is 2.76 bits per heavy atom. The van der Waals surface area contributed by atoms with Crippen LogP contribution in [0, 0.1) is 12.3 Å². The average Bonchev–Trinajstić information content (AvgIpc) is 3.02. The number of carbonyl (C=O) groups is 2. The molecule has 0 radical (unpaired) electrons. The van der Waals surface area contributed by atoms with E-state index in [4.69, 9.17) is 5.73 Å². The van der Waals surface area contributed by atoms with E-state index in [9.17, 15) is 9.59 Å². The Morgan fingerprint density at radius 2 is 1.97 bits per heavy atom. The van der Waals surface area contributed by atoms with Gasteiger partial charge in [0.25, 0.3) is 5.91 Å². The van der Waals surface area contributed by atoms with E-state index in [1.54, 1.807) is 0 Å². The molecule has 1 aliphatic carbocycles. The number of rotatable bonds is 1. The van der Waals surface area contributed by atoms with Crippen molar-refractivity contribution in [2.75, 3.05) is 38.0 Å². The van der Waals surface area contributed by atoms with Crippen LogP contribution in [0.2, 0.25) is 0 Å². The van der Waals surface area contributed by atoms with E-state index in [0.29, 0.717) is 18.0 Å². The molecule has 3 heterocycles. The topological polar surface area (TPSA) is 92.4 Å². The van der Waals surface area contributed by atoms with Crippen molar-refractivity contribution in [2.24, 2.45) is 11.1 Å². The number of nitrogens with two attached hydrogens (primary N) is 1. The SMILES string of the molecule is Cc1c2c(n3c1CCCN1CCNC[C@H]1CNc1cc-3ccc1C(N)=O)CC(C)(C)CC2=O. The number of piperazine rings is 1. The summed E-state index contributed by atoms with van der Waals surface area (Å²) in [6.45, 7) is 11.1. The highest BCUT2D eigenvalue weighted by atomic mass is 16.1. The number of hydrogen-bond acceptors (Lipinski definition) is 5. The Bertz CT molecular complexity index is 1120. The van der Waals surface area contributed by atoms with Crippen LogP contribution in [0.25, 0.3) is 5.69 Å². The van der Waals surface area contributed by atoms with Crippen molar-refractivity contribution in [3.05, 3.63) is 46.3 Å². The van der Waals surface area contributed by atoms with E-state index in [0.717, 1.165) is 80.2 Å². The van der Waals surface area contributed by atoms with Crippen molar-refractivity contribution in [1.82, 2.24) is 14.8 Å². The molecule has 0 saturated carbocycles. The number of Topliss-reactive ketones (excluding diaryl/α,β-unsaturated/α-hetero) is 1. The molecule has 1 amide bonds. The van der Waals surface area contributed by atoms with Crippen molar-refractivity contribution in [2.45, 2.75) is 52.5 Å². The first-order chi connectivity index (χ1) is 15.7. The van der Waals surface area contributed by atoms with Gasteiger partial charge >= 0.3 is 0 Å². The summed E-state index contributed by atoms with van der Waals surface area (Å²) in [5.74, 6) is -0.186. The highest BCUT2D eigenvalue weighted by Crippen LogP contribution is 2.40. The molecular weight excluding hydrogens is 414 g/mol. The summed E-state index contributed by atoms with van der Waals surface area (Å²) in [5.41, 5.74) is 12.3. The maximum atomic E-state index is 13.2. The monoisotopic (exact) mass is 449 g/mol. The molecule has 1 fully saturated rings. The van der Waals surface area contributed by atoms with Gasteiger partial charge in [-0.1, -0.05) is 13.8 Å². The second-order valence-electron chi connectivity index (χ2n) is 10.6. The van der Waals surface area contributed by atoms with Crippen molar-refractivity contribution < 1.29 is 9.59 Å². The van der Waals surface area contributed by atoms with Gasteiger partial charge in [-0.3, -0.25) is 14.5 Å². The van der Waals surface area contributed by atoms with Gasteiger partial charge in [0.1, 0.15) is 0 Å². The van der Waals surface area contributed by atoms with Gasteiger partial charge in [-0.2, -0.15) is 0 Å². The Balaban J connectivity index is 1.68. The lowest BCUT2D eigenvalue weighted by Crippen LogP contribution is -2.54. The van der Waals surface area contributed by atoms with Crippen molar-refractivity contribution in [3.8, 4) is 5.69 Å². The highest BCUT2D eigenvalue weighted by Gasteiger charge is 2.37.